The molecule has 1 unspecified atom stereocenters. The predicted molar refractivity (Wildman–Crippen MR) is 85.8 cm³/mol. The molecule has 3 rings (SSSR count). The maximum atomic E-state index is 12.3. The van der Waals surface area contributed by atoms with Crippen molar-refractivity contribution in [1.82, 2.24) is 10.6 Å². The molecule has 1 aromatic rings. The lowest BCUT2D eigenvalue weighted by Crippen LogP contribution is -2.47. The fourth-order valence-corrected chi connectivity index (χ4v) is 3.32. The minimum Gasteiger partial charge on any atom is -0.345 e. The van der Waals surface area contributed by atoms with Crippen molar-refractivity contribution in [1.29, 1.82) is 0 Å². The zero-order valence-electron chi connectivity index (χ0n) is 13.2. The van der Waals surface area contributed by atoms with Crippen LogP contribution in [-0.2, 0) is 14.4 Å². The number of para-hydroxylation sites is 1. The van der Waals surface area contributed by atoms with E-state index >= 15 is 0 Å². The SMILES string of the molecule is CN1C(=O)C(NC(=O)C(=O)NC2CCCCC2)c2ccccc21. The molecule has 0 spiro atoms. The van der Waals surface area contributed by atoms with Gasteiger partial charge in [0.05, 0.1) is 0 Å². The predicted octanol–water partition coefficient (Wildman–Crippen LogP) is 1.27. The highest BCUT2D eigenvalue weighted by Gasteiger charge is 2.37. The number of hydrogen-bond acceptors (Lipinski definition) is 3. The summed E-state index contributed by atoms with van der Waals surface area (Å²) in [7, 11) is 1.66. The fraction of sp³-hybridized carbons (Fsp3) is 0.471. The molecule has 1 aliphatic heterocycles. The highest BCUT2D eigenvalue weighted by atomic mass is 16.2. The molecular weight excluding hydrogens is 294 g/mol. The van der Waals surface area contributed by atoms with Crippen LogP contribution in [0.2, 0.25) is 0 Å². The maximum Gasteiger partial charge on any atom is 0.310 e. The van der Waals surface area contributed by atoms with Crippen molar-refractivity contribution >= 4 is 23.4 Å². The first-order valence-corrected chi connectivity index (χ1v) is 8.06. The zero-order valence-corrected chi connectivity index (χ0v) is 13.2. The van der Waals surface area contributed by atoms with E-state index in [-0.39, 0.29) is 11.9 Å². The van der Waals surface area contributed by atoms with Gasteiger partial charge in [0.2, 0.25) is 0 Å². The van der Waals surface area contributed by atoms with Gasteiger partial charge in [0.1, 0.15) is 6.04 Å². The number of fused-ring (bicyclic) bond motifs is 1. The van der Waals surface area contributed by atoms with Gasteiger partial charge in [0.25, 0.3) is 5.91 Å². The van der Waals surface area contributed by atoms with E-state index < -0.39 is 17.9 Å². The highest BCUT2D eigenvalue weighted by Crippen LogP contribution is 2.34. The van der Waals surface area contributed by atoms with E-state index in [1.54, 1.807) is 13.1 Å². The second-order valence-electron chi connectivity index (χ2n) is 6.17. The third-order valence-electron chi connectivity index (χ3n) is 4.61. The van der Waals surface area contributed by atoms with Crippen LogP contribution < -0.4 is 15.5 Å². The first kappa shape index (κ1) is 15.5. The summed E-state index contributed by atoms with van der Waals surface area (Å²) in [5.41, 5.74) is 1.48. The van der Waals surface area contributed by atoms with Gasteiger partial charge in [-0.1, -0.05) is 37.5 Å². The monoisotopic (exact) mass is 315 g/mol. The van der Waals surface area contributed by atoms with Crippen LogP contribution >= 0.6 is 0 Å². The lowest BCUT2D eigenvalue weighted by molar-refractivity contribution is -0.140. The Morgan fingerprint density at radius 3 is 2.43 bits per heavy atom. The molecule has 2 N–H and O–H groups in total. The number of nitrogens with zero attached hydrogens (tertiary/aromatic N) is 1. The van der Waals surface area contributed by atoms with E-state index in [2.05, 4.69) is 10.6 Å². The first-order chi connectivity index (χ1) is 11.1. The number of anilines is 1. The van der Waals surface area contributed by atoms with Crippen molar-refractivity contribution in [2.45, 2.75) is 44.2 Å². The third kappa shape index (κ3) is 3.06. The van der Waals surface area contributed by atoms with Crippen LogP contribution in [0.25, 0.3) is 0 Å². The largest absolute Gasteiger partial charge is 0.345 e. The summed E-state index contributed by atoms with van der Waals surface area (Å²) in [6.07, 6.45) is 5.15. The Kier molecular flexibility index (Phi) is 4.32. The number of carbonyl (C=O) groups is 3. The molecule has 23 heavy (non-hydrogen) atoms. The number of likely N-dealkylation sites (N-methyl/N-ethyl adjacent to an activating group) is 1. The van der Waals surface area contributed by atoms with Crippen LogP contribution in [0.15, 0.2) is 24.3 Å². The van der Waals surface area contributed by atoms with Crippen molar-refractivity contribution < 1.29 is 14.4 Å². The van der Waals surface area contributed by atoms with Gasteiger partial charge in [0, 0.05) is 24.3 Å². The second-order valence-corrected chi connectivity index (χ2v) is 6.17. The van der Waals surface area contributed by atoms with Crippen LogP contribution in [0.5, 0.6) is 0 Å². The average molecular weight is 315 g/mol. The molecule has 1 fully saturated rings. The van der Waals surface area contributed by atoms with Crippen LogP contribution in [0.3, 0.4) is 0 Å². The molecule has 122 valence electrons. The van der Waals surface area contributed by atoms with Gasteiger partial charge in [-0.2, -0.15) is 0 Å². The first-order valence-electron chi connectivity index (χ1n) is 8.06. The van der Waals surface area contributed by atoms with Gasteiger partial charge in [-0.15, -0.1) is 0 Å². The van der Waals surface area contributed by atoms with Gasteiger partial charge in [-0.3, -0.25) is 14.4 Å². The number of amides is 3. The van der Waals surface area contributed by atoms with Crippen LogP contribution in [0, 0.1) is 0 Å². The quantitative estimate of drug-likeness (QED) is 0.807. The summed E-state index contributed by atoms with van der Waals surface area (Å²) in [5.74, 6) is -1.64. The summed E-state index contributed by atoms with van der Waals surface area (Å²) in [5, 5.41) is 5.33. The standard InChI is InChI=1S/C17H21N3O3/c1-20-13-10-6-5-9-12(13)14(17(20)23)19-16(22)15(21)18-11-7-3-2-4-8-11/h5-6,9-11,14H,2-4,7-8H2,1H3,(H,18,21)(H,19,22). The Morgan fingerprint density at radius 2 is 1.70 bits per heavy atom. The van der Waals surface area contributed by atoms with Crippen molar-refractivity contribution in [2.75, 3.05) is 11.9 Å². The van der Waals surface area contributed by atoms with Crippen molar-refractivity contribution in [3.05, 3.63) is 29.8 Å². The smallest absolute Gasteiger partial charge is 0.310 e. The molecule has 2 aliphatic rings. The van der Waals surface area contributed by atoms with Crippen molar-refractivity contribution in [3.8, 4) is 0 Å². The van der Waals surface area contributed by atoms with Crippen molar-refractivity contribution in [2.24, 2.45) is 0 Å². The summed E-state index contributed by atoms with van der Waals surface area (Å²) in [6.45, 7) is 0. The molecular formula is C17H21N3O3. The van der Waals surface area contributed by atoms with Gasteiger partial charge in [0.15, 0.2) is 0 Å². The Hall–Kier alpha value is -2.37. The molecule has 1 heterocycles. The Labute approximate surface area is 135 Å². The molecule has 0 radical (unpaired) electrons. The molecule has 1 saturated carbocycles. The zero-order chi connectivity index (χ0) is 16.4. The molecule has 0 saturated heterocycles. The molecule has 6 nitrogen and oxygen atoms in total. The molecule has 1 atom stereocenters. The average Bonchev–Trinajstić information content (AvgIpc) is 2.81. The fourth-order valence-electron chi connectivity index (χ4n) is 3.32. The maximum absolute atomic E-state index is 12.3. The Morgan fingerprint density at radius 1 is 1.04 bits per heavy atom. The Balaban J connectivity index is 1.65. The summed E-state index contributed by atoms with van der Waals surface area (Å²) >= 11 is 0. The topological polar surface area (TPSA) is 78.5 Å². The normalized spacial score (nSPS) is 21.0. The lowest BCUT2D eigenvalue weighted by Gasteiger charge is -2.22. The van der Waals surface area contributed by atoms with Crippen LogP contribution in [0.4, 0.5) is 5.69 Å². The Bertz CT molecular complexity index is 638. The number of nitrogens with one attached hydrogen (secondary N) is 2. The van der Waals surface area contributed by atoms with E-state index in [1.165, 1.54) is 11.3 Å². The van der Waals surface area contributed by atoms with Gasteiger partial charge >= 0.3 is 11.8 Å². The van der Waals surface area contributed by atoms with E-state index in [0.717, 1.165) is 36.9 Å². The third-order valence-corrected chi connectivity index (χ3v) is 4.61. The van der Waals surface area contributed by atoms with Crippen molar-refractivity contribution in [3.63, 3.8) is 0 Å². The second kappa shape index (κ2) is 6.40. The molecule has 0 bridgehead atoms. The molecule has 3 amide bonds. The number of rotatable bonds is 2. The van der Waals surface area contributed by atoms with Gasteiger partial charge in [-0.05, 0) is 18.9 Å². The number of carbonyl (C=O) groups excluding carboxylic acids is 3. The molecule has 1 aliphatic carbocycles. The summed E-state index contributed by atoms with van der Waals surface area (Å²) in [4.78, 5) is 38.0. The minimum atomic E-state index is -0.791. The van der Waals surface area contributed by atoms with E-state index in [1.807, 2.05) is 18.2 Å². The highest BCUT2D eigenvalue weighted by molar-refractivity contribution is 6.35. The van der Waals surface area contributed by atoms with E-state index in [0.29, 0.717) is 0 Å². The minimum absolute atomic E-state index is 0.0660. The van der Waals surface area contributed by atoms with Gasteiger partial charge < -0.3 is 15.5 Å². The van der Waals surface area contributed by atoms with Crippen LogP contribution in [-0.4, -0.2) is 30.8 Å². The van der Waals surface area contributed by atoms with E-state index in [9.17, 15) is 14.4 Å². The van der Waals surface area contributed by atoms with Crippen LogP contribution in [0.1, 0.15) is 43.7 Å². The molecule has 0 aromatic heterocycles. The summed E-state index contributed by atoms with van der Waals surface area (Å²) in [6, 6.07) is 6.54. The van der Waals surface area contributed by atoms with Gasteiger partial charge in [-0.25, -0.2) is 0 Å². The number of hydrogen-bond donors (Lipinski definition) is 2. The summed E-state index contributed by atoms with van der Waals surface area (Å²) < 4.78 is 0. The van der Waals surface area contributed by atoms with E-state index in [4.69, 9.17) is 0 Å². The number of benzene rings is 1. The molecule has 6 heteroatoms. The molecule has 1 aromatic carbocycles. The lowest BCUT2D eigenvalue weighted by atomic mass is 9.95.